The smallest absolute Gasteiger partial charge is 0.241 e. The minimum absolute atomic E-state index is 0.211. The lowest BCUT2D eigenvalue weighted by atomic mass is 10.0. The molecule has 2 aromatic rings. The van der Waals surface area contributed by atoms with E-state index in [2.05, 4.69) is 5.32 Å². The van der Waals surface area contributed by atoms with Crippen molar-refractivity contribution >= 4 is 21.6 Å². The van der Waals surface area contributed by atoms with Crippen LogP contribution in [0, 0.1) is 27.7 Å². The van der Waals surface area contributed by atoms with Gasteiger partial charge in [-0.25, -0.2) is 8.42 Å². The lowest BCUT2D eigenvalue weighted by Gasteiger charge is -2.25. The van der Waals surface area contributed by atoms with Gasteiger partial charge in [-0.15, -0.1) is 0 Å². The zero-order chi connectivity index (χ0) is 20.4. The van der Waals surface area contributed by atoms with Gasteiger partial charge in [0.25, 0.3) is 0 Å². The van der Waals surface area contributed by atoms with Crippen LogP contribution in [0.25, 0.3) is 0 Å². The fourth-order valence-electron chi connectivity index (χ4n) is 3.00. The molecule has 0 aliphatic carbocycles. The molecule has 0 bridgehead atoms. The Morgan fingerprint density at radius 2 is 1.67 bits per heavy atom. The number of rotatable bonds is 6. The van der Waals surface area contributed by atoms with Crippen molar-refractivity contribution in [2.24, 2.45) is 0 Å². The third-order valence-electron chi connectivity index (χ3n) is 4.72. The Bertz CT molecular complexity index is 952. The molecule has 6 heteroatoms. The van der Waals surface area contributed by atoms with Gasteiger partial charge in [0, 0.05) is 0 Å². The first kappa shape index (κ1) is 21.0. The van der Waals surface area contributed by atoms with E-state index >= 15 is 0 Å². The molecule has 0 aliphatic heterocycles. The maximum absolute atomic E-state index is 12.6. The summed E-state index contributed by atoms with van der Waals surface area (Å²) in [7, 11) is -3.59. The lowest BCUT2D eigenvalue weighted by molar-refractivity contribution is -0.120. The van der Waals surface area contributed by atoms with Gasteiger partial charge in [-0.05, 0) is 62.9 Å². The summed E-state index contributed by atoms with van der Waals surface area (Å²) in [5.74, 6) is -0.342. The number of hydrogen-bond acceptors (Lipinski definition) is 3. The summed E-state index contributed by atoms with van der Waals surface area (Å²) in [4.78, 5) is 12.6. The minimum atomic E-state index is -3.59. The van der Waals surface area contributed by atoms with E-state index in [0.29, 0.717) is 5.69 Å². The number of carbonyl (C=O) groups is 1. The summed E-state index contributed by atoms with van der Waals surface area (Å²) >= 11 is 0. The van der Waals surface area contributed by atoms with Gasteiger partial charge in [-0.1, -0.05) is 35.9 Å². The molecule has 0 unspecified atom stereocenters. The molecular weight excluding hydrogens is 360 g/mol. The highest BCUT2D eigenvalue weighted by atomic mass is 32.2. The highest BCUT2D eigenvalue weighted by Gasteiger charge is 2.23. The number of carbonyl (C=O) groups excluding carboxylic acids is 1. The second-order valence-corrected chi connectivity index (χ2v) is 9.10. The molecule has 0 radical (unpaired) electrons. The Kier molecular flexibility index (Phi) is 6.31. The molecule has 0 saturated carbocycles. The van der Waals surface area contributed by atoms with Gasteiger partial charge in [0.2, 0.25) is 15.9 Å². The van der Waals surface area contributed by atoms with Crippen molar-refractivity contribution in [2.75, 3.05) is 17.1 Å². The molecule has 0 aliphatic rings. The van der Waals surface area contributed by atoms with Crippen LogP contribution < -0.4 is 9.62 Å². The van der Waals surface area contributed by atoms with Crippen LogP contribution in [0.2, 0.25) is 0 Å². The van der Waals surface area contributed by atoms with Crippen molar-refractivity contribution in [3.05, 3.63) is 64.2 Å². The molecule has 0 aromatic heterocycles. The van der Waals surface area contributed by atoms with Crippen LogP contribution in [-0.4, -0.2) is 27.1 Å². The number of amides is 1. The second-order valence-electron chi connectivity index (χ2n) is 7.19. The predicted molar refractivity (Wildman–Crippen MR) is 111 cm³/mol. The Morgan fingerprint density at radius 1 is 1.00 bits per heavy atom. The van der Waals surface area contributed by atoms with Crippen molar-refractivity contribution in [1.29, 1.82) is 0 Å². The first-order valence-corrected chi connectivity index (χ1v) is 10.8. The molecule has 1 amide bonds. The van der Waals surface area contributed by atoms with Gasteiger partial charge in [-0.3, -0.25) is 9.10 Å². The third-order valence-corrected chi connectivity index (χ3v) is 5.84. The summed E-state index contributed by atoms with van der Waals surface area (Å²) in [6.07, 6.45) is 1.12. The molecule has 0 saturated heterocycles. The summed E-state index contributed by atoms with van der Waals surface area (Å²) in [6.45, 7) is 9.49. The van der Waals surface area contributed by atoms with E-state index < -0.39 is 10.0 Å². The van der Waals surface area contributed by atoms with Gasteiger partial charge in [0.05, 0.1) is 18.0 Å². The van der Waals surface area contributed by atoms with E-state index in [9.17, 15) is 13.2 Å². The molecule has 1 atom stereocenters. The maximum Gasteiger partial charge on any atom is 0.241 e. The van der Waals surface area contributed by atoms with Crippen LogP contribution >= 0.6 is 0 Å². The summed E-state index contributed by atoms with van der Waals surface area (Å²) in [6, 6.07) is 11.3. The van der Waals surface area contributed by atoms with Crippen molar-refractivity contribution < 1.29 is 13.2 Å². The second kappa shape index (κ2) is 8.13. The largest absolute Gasteiger partial charge is 0.348 e. The van der Waals surface area contributed by atoms with E-state index in [-0.39, 0.29) is 18.5 Å². The fraction of sp³-hybridized carbons (Fsp3) is 0.381. The van der Waals surface area contributed by atoms with Gasteiger partial charge in [0.1, 0.15) is 6.54 Å². The van der Waals surface area contributed by atoms with E-state index in [0.717, 1.165) is 32.8 Å². The van der Waals surface area contributed by atoms with Gasteiger partial charge >= 0.3 is 0 Å². The number of nitrogens with zero attached hydrogens (tertiary/aromatic N) is 1. The van der Waals surface area contributed by atoms with E-state index in [1.54, 1.807) is 6.07 Å². The van der Waals surface area contributed by atoms with Gasteiger partial charge < -0.3 is 5.32 Å². The molecule has 27 heavy (non-hydrogen) atoms. The normalized spacial score (nSPS) is 12.5. The third kappa shape index (κ3) is 5.32. The van der Waals surface area contributed by atoms with Crippen molar-refractivity contribution in [3.8, 4) is 0 Å². The number of aryl methyl sites for hydroxylation is 4. The number of sulfonamides is 1. The first-order chi connectivity index (χ1) is 12.5. The number of hydrogen-bond donors (Lipinski definition) is 1. The molecule has 1 N–H and O–H groups in total. The quantitative estimate of drug-likeness (QED) is 0.823. The van der Waals surface area contributed by atoms with Crippen molar-refractivity contribution in [3.63, 3.8) is 0 Å². The van der Waals surface area contributed by atoms with Crippen LogP contribution in [0.3, 0.4) is 0 Å². The minimum Gasteiger partial charge on any atom is -0.348 e. The topological polar surface area (TPSA) is 66.5 Å². The molecule has 2 rings (SSSR count). The summed E-state index contributed by atoms with van der Waals surface area (Å²) < 4.78 is 25.7. The molecule has 2 aromatic carbocycles. The summed E-state index contributed by atoms with van der Waals surface area (Å²) in [5.41, 5.74) is 5.71. The Labute approximate surface area is 162 Å². The van der Waals surface area contributed by atoms with Gasteiger partial charge in [0.15, 0.2) is 0 Å². The zero-order valence-corrected chi connectivity index (χ0v) is 17.6. The molecule has 0 fully saturated rings. The number of benzene rings is 2. The van der Waals surface area contributed by atoms with Crippen LogP contribution in [0.15, 0.2) is 36.4 Å². The average molecular weight is 389 g/mol. The van der Waals surface area contributed by atoms with E-state index in [1.165, 1.54) is 5.56 Å². The molecule has 0 heterocycles. The molecular formula is C21H28N2O3S. The molecule has 146 valence electrons. The zero-order valence-electron chi connectivity index (χ0n) is 16.8. The molecule has 5 nitrogen and oxygen atoms in total. The molecule has 0 spiro atoms. The van der Waals surface area contributed by atoms with E-state index in [1.807, 2.05) is 65.0 Å². The lowest BCUT2D eigenvalue weighted by Crippen LogP contribution is -2.41. The standard InChI is InChI=1S/C21H28N2O3S/c1-14-7-10-20(17(4)11-14)23(27(6,25)26)13-21(24)22-18(5)19-9-8-15(2)16(3)12-19/h7-12,18H,13H2,1-6H3,(H,22,24)/t18-/m0/s1. The number of anilines is 1. The van der Waals surface area contributed by atoms with Gasteiger partial charge in [-0.2, -0.15) is 0 Å². The van der Waals surface area contributed by atoms with Crippen molar-refractivity contribution in [2.45, 2.75) is 40.7 Å². The van der Waals surface area contributed by atoms with Crippen LogP contribution in [0.1, 0.15) is 40.8 Å². The fourth-order valence-corrected chi connectivity index (χ4v) is 3.92. The predicted octanol–water partition coefficient (Wildman–Crippen LogP) is 3.56. The Balaban J connectivity index is 2.20. The average Bonchev–Trinajstić information content (AvgIpc) is 2.54. The summed E-state index contributed by atoms with van der Waals surface area (Å²) in [5, 5.41) is 2.90. The Morgan fingerprint density at radius 3 is 2.22 bits per heavy atom. The SMILES string of the molecule is Cc1ccc(N(CC(=O)N[C@@H](C)c2ccc(C)c(C)c2)S(C)(=O)=O)c(C)c1. The van der Waals surface area contributed by atoms with Crippen LogP contribution in [0.5, 0.6) is 0 Å². The first-order valence-electron chi connectivity index (χ1n) is 8.90. The highest BCUT2D eigenvalue weighted by Crippen LogP contribution is 2.23. The highest BCUT2D eigenvalue weighted by molar-refractivity contribution is 7.92. The number of nitrogens with one attached hydrogen (secondary N) is 1. The van der Waals surface area contributed by atoms with Crippen molar-refractivity contribution in [1.82, 2.24) is 5.32 Å². The monoisotopic (exact) mass is 388 g/mol. The van der Waals surface area contributed by atoms with Crippen LogP contribution in [-0.2, 0) is 14.8 Å². The van der Waals surface area contributed by atoms with Crippen LogP contribution in [0.4, 0.5) is 5.69 Å². The maximum atomic E-state index is 12.6. The van der Waals surface area contributed by atoms with E-state index in [4.69, 9.17) is 0 Å². The Hall–Kier alpha value is -2.34.